The van der Waals surface area contributed by atoms with Crippen LogP contribution in [0.2, 0.25) is 0 Å². The highest BCUT2D eigenvalue weighted by Gasteiger charge is 2.42. The van der Waals surface area contributed by atoms with Crippen molar-refractivity contribution < 1.29 is 9.53 Å². The molecule has 0 amide bonds. The summed E-state index contributed by atoms with van der Waals surface area (Å²) < 4.78 is 9.21. The minimum absolute atomic E-state index is 0.199. The molecule has 5 aromatic carbocycles. The number of nitrogens with zero attached hydrogens (tertiary/aromatic N) is 6. The number of hydrogen-bond acceptors (Lipinski definition) is 7. The molecule has 0 radical (unpaired) electrons. The lowest BCUT2D eigenvalue weighted by molar-refractivity contribution is 0.0515. The molecule has 2 heterocycles. The summed E-state index contributed by atoms with van der Waals surface area (Å²) in [7, 11) is 0. The van der Waals surface area contributed by atoms with Crippen LogP contribution in [0.4, 0.5) is 5.82 Å². The van der Waals surface area contributed by atoms with Crippen molar-refractivity contribution >= 4 is 11.8 Å². The Hall–Kier alpha value is -6.35. The SMILES string of the molecule is CCCCc1nc(N)c(C(=O)OCC)n1Cc1ccc(-c2ccccc2-c2nnnn2C(c2ccccc2)(c2ccccc2)c2ccccc2)cc1. The zero-order valence-corrected chi connectivity index (χ0v) is 29.4. The Bertz CT molecular complexity index is 2150. The third-order valence-electron chi connectivity index (χ3n) is 9.43. The van der Waals surface area contributed by atoms with Gasteiger partial charge in [0.1, 0.15) is 11.4 Å². The molecule has 0 unspecified atom stereocenters. The van der Waals surface area contributed by atoms with Gasteiger partial charge in [-0.15, -0.1) is 5.10 Å². The highest BCUT2D eigenvalue weighted by Crippen LogP contribution is 2.43. The van der Waals surface area contributed by atoms with E-state index in [2.05, 4.69) is 126 Å². The molecule has 0 saturated heterocycles. The minimum Gasteiger partial charge on any atom is -0.461 e. The lowest BCUT2D eigenvalue weighted by atomic mass is 9.77. The molecule has 7 rings (SSSR count). The number of benzene rings is 5. The standard InChI is InChI=1S/C43H41N7O2/c1-3-5-25-38-45-40(44)39(42(51)52-4-2)49(38)30-31-26-28-32(29-27-31)36-23-15-16-24-37(36)41-46-47-48-50(41)43(33-17-9-6-10-18-33,34-19-11-7-12-20-34)35-21-13-8-14-22-35/h6-24,26-29H,3-5,25,30,44H2,1-2H3. The van der Waals surface area contributed by atoms with Crippen LogP contribution in [0.15, 0.2) is 140 Å². The summed E-state index contributed by atoms with van der Waals surface area (Å²) >= 11 is 0. The van der Waals surface area contributed by atoms with E-state index in [0.29, 0.717) is 18.1 Å². The molecule has 0 atom stereocenters. The van der Waals surface area contributed by atoms with Gasteiger partial charge >= 0.3 is 5.97 Å². The third-order valence-corrected chi connectivity index (χ3v) is 9.43. The van der Waals surface area contributed by atoms with Gasteiger partial charge in [0.25, 0.3) is 0 Å². The molecular formula is C43H41N7O2. The molecule has 52 heavy (non-hydrogen) atoms. The topological polar surface area (TPSA) is 114 Å². The Morgan fingerprint density at radius 3 is 1.85 bits per heavy atom. The van der Waals surface area contributed by atoms with Crippen molar-refractivity contribution in [3.8, 4) is 22.5 Å². The van der Waals surface area contributed by atoms with Gasteiger partial charge in [-0.2, -0.15) is 0 Å². The van der Waals surface area contributed by atoms with Gasteiger partial charge in [0.05, 0.1) is 6.61 Å². The van der Waals surface area contributed by atoms with Gasteiger partial charge in [0.15, 0.2) is 17.3 Å². The number of nitrogen functional groups attached to an aromatic ring is 1. The van der Waals surface area contributed by atoms with Crippen LogP contribution in [0, 0.1) is 0 Å². The normalized spacial score (nSPS) is 11.4. The number of carbonyl (C=O) groups is 1. The molecule has 2 N–H and O–H groups in total. The van der Waals surface area contributed by atoms with Gasteiger partial charge in [0.2, 0.25) is 0 Å². The molecule has 9 heteroatoms. The fraction of sp³-hybridized carbons (Fsp3) is 0.186. The maximum absolute atomic E-state index is 12.9. The van der Waals surface area contributed by atoms with Crippen molar-refractivity contribution in [1.82, 2.24) is 29.8 Å². The smallest absolute Gasteiger partial charge is 0.358 e. The fourth-order valence-corrected chi connectivity index (χ4v) is 7.02. The number of ether oxygens (including phenoxy) is 1. The maximum Gasteiger partial charge on any atom is 0.358 e. The first kappa shape index (κ1) is 34.1. The van der Waals surface area contributed by atoms with Gasteiger partial charge < -0.3 is 15.0 Å². The second-order valence-electron chi connectivity index (χ2n) is 12.6. The van der Waals surface area contributed by atoms with Crippen LogP contribution in [0.3, 0.4) is 0 Å². The Balaban J connectivity index is 1.32. The number of tetrazole rings is 1. The minimum atomic E-state index is -0.877. The van der Waals surface area contributed by atoms with E-state index in [-0.39, 0.29) is 12.4 Å². The van der Waals surface area contributed by atoms with E-state index in [4.69, 9.17) is 20.8 Å². The summed E-state index contributed by atoms with van der Waals surface area (Å²) in [5.41, 5.74) is 12.7. The second kappa shape index (κ2) is 15.3. The predicted molar refractivity (Wildman–Crippen MR) is 204 cm³/mol. The Kier molecular flexibility index (Phi) is 10.0. The zero-order chi connectivity index (χ0) is 35.9. The Morgan fingerprint density at radius 1 is 0.731 bits per heavy atom. The van der Waals surface area contributed by atoms with Crippen LogP contribution >= 0.6 is 0 Å². The maximum atomic E-state index is 12.9. The van der Waals surface area contributed by atoms with E-state index in [9.17, 15) is 4.79 Å². The van der Waals surface area contributed by atoms with Gasteiger partial charge in [-0.05, 0) is 57.2 Å². The molecule has 0 bridgehead atoms. The van der Waals surface area contributed by atoms with Crippen molar-refractivity contribution in [3.05, 3.63) is 173 Å². The number of unbranched alkanes of at least 4 members (excludes halogenated alkanes) is 1. The first-order valence-electron chi connectivity index (χ1n) is 17.7. The number of nitrogens with two attached hydrogens (primary N) is 1. The van der Waals surface area contributed by atoms with E-state index in [1.807, 2.05) is 39.6 Å². The number of esters is 1. The molecule has 9 nitrogen and oxygen atoms in total. The summed E-state index contributed by atoms with van der Waals surface area (Å²) in [6, 6.07) is 47.7. The van der Waals surface area contributed by atoms with Gasteiger partial charge in [-0.25, -0.2) is 14.5 Å². The number of hydrogen-bond donors (Lipinski definition) is 1. The molecule has 7 aromatic rings. The number of aryl methyl sites for hydroxylation is 1. The van der Waals surface area contributed by atoms with Crippen LogP contribution in [0.1, 0.15) is 65.3 Å². The molecule has 0 spiro atoms. The molecule has 260 valence electrons. The average molecular weight is 688 g/mol. The van der Waals surface area contributed by atoms with E-state index < -0.39 is 11.5 Å². The number of imidazole rings is 1. The van der Waals surface area contributed by atoms with Crippen molar-refractivity contribution in [1.29, 1.82) is 0 Å². The summed E-state index contributed by atoms with van der Waals surface area (Å²) in [6.07, 6.45) is 2.66. The van der Waals surface area contributed by atoms with E-state index in [1.54, 1.807) is 6.92 Å². The van der Waals surface area contributed by atoms with Crippen LogP contribution in [-0.2, 0) is 23.2 Å². The zero-order valence-electron chi connectivity index (χ0n) is 29.4. The Labute approximate surface area is 303 Å². The lowest BCUT2D eigenvalue weighted by Gasteiger charge is -2.36. The summed E-state index contributed by atoms with van der Waals surface area (Å²) in [5.74, 6) is 1.15. The lowest BCUT2D eigenvalue weighted by Crippen LogP contribution is -2.39. The number of carbonyl (C=O) groups excluding carboxylic acids is 1. The molecule has 0 aliphatic heterocycles. The average Bonchev–Trinajstić information content (AvgIpc) is 3.80. The molecule has 0 aliphatic rings. The highest BCUT2D eigenvalue weighted by atomic mass is 16.5. The van der Waals surface area contributed by atoms with Gasteiger partial charge in [-0.3, -0.25) is 0 Å². The third kappa shape index (κ3) is 6.37. The first-order valence-corrected chi connectivity index (χ1v) is 17.7. The molecule has 0 saturated carbocycles. The second-order valence-corrected chi connectivity index (χ2v) is 12.6. The van der Waals surface area contributed by atoms with Crippen molar-refractivity contribution in [2.75, 3.05) is 12.3 Å². The number of anilines is 1. The number of aromatic nitrogens is 6. The van der Waals surface area contributed by atoms with Crippen molar-refractivity contribution in [2.45, 2.75) is 45.2 Å². The first-order chi connectivity index (χ1) is 25.6. The van der Waals surface area contributed by atoms with E-state index in [0.717, 1.165) is 64.0 Å². The van der Waals surface area contributed by atoms with Crippen LogP contribution < -0.4 is 5.73 Å². The quantitative estimate of drug-likeness (QED) is 0.0961. The monoisotopic (exact) mass is 687 g/mol. The van der Waals surface area contributed by atoms with Gasteiger partial charge in [-0.1, -0.05) is 153 Å². The summed E-state index contributed by atoms with van der Waals surface area (Å²) in [5, 5.41) is 13.8. The summed E-state index contributed by atoms with van der Waals surface area (Å²) in [6.45, 7) is 4.61. The molecular weight excluding hydrogens is 647 g/mol. The number of rotatable bonds is 13. The molecule has 0 fully saturated rings. The summed E-state index contributed by atoms with van der Waals surface area (Å²) in [4.78, 5) is 17.5. The molecule has 0 aliphatic carbocycles. The van der Waals surface area contributed by atoms with Crippen LogP contribution in [-0.4, -0.2) is 42.3 Å². The van der Waals surface area contributed by atoms with Crippen LogP contribution in [0.25, 0.3) is 22.5 Å². The molecule has 2 aromatic heterocycles. The van der Waals surface area contributed by atoms with E-state index in [1.165, 1.54) is 0 Å². The van der Waals surface area contributed by atoms with Crippen molar-refractivity contribution in [2.24, 2.45) is 0 Å². The fourth-order valence-electron chi connectivity index (χ4n) is 7.02. The largest absolute Gasteiger partial charge is 0.461 e. The Morgan fingerprint density at radius 2 is 1.29 bits per heavy atom. The van der Waals surface area contributed by atoms with Crippen molar-refractivity contribution in [3.63, 3.8) is 0 Å². The predicted octanol–water partition coefficient (Wildman–Crippen LogP) is 8.19. The van der Waals surface area contributed by atoms with E-state index >= 15 is 0 Å². The van der Waals surface area contributed by atoms with Crippen LogP contribution in [0.5, 0.6) is 0 Å². The highest BCUT2D eigenvalue weighted by molar-refractivity contribution is 5.92. The van der Waals surface area contributed by atoms with Gasteiger partial charge in [0, 0.05) is 18.5 Å².